The molecule has 1 fully saturated rings. The summed E-state index contributed by atoms with van der Waals surface area (Å²) in [6, 6.07) is 7.77. The summed E-state index contributed by atoms with van der Waals surface area (Å²) in [7, 11) is -3.25. The molecule has 0 bridgehead atoms. The zero-order valence-corrected chi connectivity index (χ0v) is 14.8. The number of piperidine rings is 1. The molecule has 1 atom stereocenters. The molecule has 3 rings (SSSR count). The van der Waals surface area contributed by atoms with E-state index in [1.807, 2.05) is 31.2 Å². The van der Waals surface area contributed by atoms with Crippen LogP contribution in [-0.2, 0) is 21.2 Å². The molecule has 1 aliphatic rings. The summed E-state index contributed by atoms with van der Waals surface area (Å²) in [6.45, 7) is 3.10. The smallest absolute Gasteiger partial charge is 0.227 e. The lowest BCUT2D eigenvalue weighted by Gasteiger charge is -2.32. The van der Waals surface area contributed by atoms with Gasteiger partial charge in [0.25, 0.3) is 0 Å². The predicted molar refractivity (Wildman–Crippen MR) is 94.3 cm³/mol. The first-order chi connectivity index (χ1) is 11.3. The standard InChI is InChI=1S/C17H23N3O3S/c1-12-15(14-7-3-4-8-16(14)18-12)10-17(21)20-9-5-6-13(11-20)19-24(2,22)23/h3-4,7-8,13,18-19H,5-6,9-11H2,1-2H3/t13-/m1/s1. The van der Waals surface area contributed by atoms with Crippen molar-refractivity contribution in [3.63, 3.8) is 0 Å². The quantitative estimate of drug-likeness (QED) is 0.879. The molecule has 0 unspecified atom stereocenters. The van der Waals surface area contributed by atoms with Gasteiger partial charge in [-0.2, -0.15) is 0 Å². The van der Waals surface area contributed by atoms with Gasteiger partial charge in [0.1, 0.15) is 0 Å². The minimum absolute atomic E-state index is 0.0443. The molecule has 1 saturated heterocycles. The number of rotatable bonds is 4. The molecular formula is C17H23N3O3S. The first-order valence-corrected chi connectivity index (χ1v) is 10.0. The molecule has 2 heterocycles. The number of aromatic nitrogens is 1. The van der Waals surface area contributed by atoms with Crippen LogP contribution in [0.4, 0.5) is 0 Å². The monoisotopic (exact) mass is 349 g/mol. The van der Waals surface area contributed by atoms with Crippen molar-refractivity contribution in [3.8, 4) is 0 Å². The molecule has 6 nitrogen and oxygen atoms in total. The van der Waals surface area contributed by atoms with Crippen molar-refractivity contribution < 1.29 is 13.2 Å². The zero-order chi connectivity index (χ0) is 17.3. The summed E-state index contributed by atoms with van der Waals surface area (Å²) in [5.74, 6) is 0.0443. The number of likely N-dealkylation sites (tertiary alicyclic amines) is 1. The number of nitrogens with zero attached hydrogens (tertiary/aromatic N) is 1. The lowest BCUT2D eigenvalue weighted by Crippen LogP contribution is -2.49. The van der Waals surface area contributed by atoms with E-state index in [-0.39, 0.29) is 11.9 Å². The number of aryl methyl sites for hydroxylation is 1. The molecule has 1 aromatic heterocycles. The number of nitrogens with one attached hydrogen (secondary N) is 2. The zero-order valence-electron chi connectivity index (χ0n) is 14.0. The highest BCUT2D eigenvalue weighted by Gasteiger charge is 2.26. The number of aromatic amines is 1. The third-order valence-corrected chi connectivity index (χ3v) is 5.27. The minimum atomic E-state index is -3.25. The molecule has 7 heteroatoms. The maximum atomic E-state index is 12.7. The number of fused-ring (bicyclic) bond motifs is 1. The van der Waals surface area contributed by atoms with Crippen LogP contribution in [0.2, 0.25) is 0 Å². The highest BCUT2D eigenvalue weighted by molar-refractivity contribution is 7.88. The number of hydrogen-bond donors (Lipinski definition) is 2. The highest BCUT2D eigenvalue weighted by Crippen LogP contribution is 2.23. The van der Waals surface area contributed by atoms with Crippen LogP contribution in [0.25, 0.3) is 10.9 Å². The molecule has 24 heavy (non-hydrogen) atoms. The second kappa shape index (κ2) is 6.57. The molecule has 0 saturated carbocycles. The Morgan fingerprint density at radius 2 is 2.12 bits per heavy atom. The Labute approximate surface area is 142 Å². The molecule has 0 spiro atoms. The van der Waals surface area contributed by atoms with E-state index in [2.05, 4.69) is 9.71 Å². The van der Waals surface area contributed by atoms with E-state index in [1.165, 1.54) is 0 Å². The summed E-state index contributed by atoms with van der Waals surface area (Å²) in [6.07, 6.45) is 3.07. The lowest BCUT2D eigenvalue weighted by atomic mass is 10.0. The van der Waals surface area contributed by atoms with Gasteiger partial charge < -0.3 is 9.88 Å². The van der Waals surface area contributed by atoms with Crippen molar-refractivity contribution in [3.05, 3.63) is 35.5 Å². The van der Waals surface area contributed by atoms with Gasteiger partial charge >= 0.3 is 0 Å². The lowest BCUT2D eigenvalue weighted by molar-refractivity contribution is -0.131. The van der Waals surface area contributed by atoms with Crippen molar-refractivity contribution in [2.45, 2.75) is 32.2 Å². The summed E-state index contributed by atoms with van der Waals surface area (Å²) in [5.41, 5.74) is 3.06. The highest BCUT2D eigenvalue weighted by atomic mass is 32.2. The van der Waals surface area contributed by atoms with E-state index in [4.69, 9.17) is 0 Å². The fraction of sp³-hybridized carbons (Fsp3) is 0.471. The second-order valence-corrected chi connectivity index (χ2v) is 8.30. The van der Waals surface area contributed by atoms with Crippen molar-refractivity contribution >= 4 is 26.8 Å². The van der Waals surface area contributed by atoms with Crippen LogP contribution in [0.15, 0.2) is 24.3 Å². The van der Waals surface area contributed by atoms with Crippen molar-refractivity contribution in [1.82, 2.24) is 14.6 Å². The maximum Gasteiger partial charge on any atom is 0.227 e. The molecule has 130 valence electrons. The predicted octanol–water partition coefficient (Wildman–Crippen LogP) is 1.56. The van der Waals surface area contributed by atoms with E-state index in [0.29, 0.717) is 19.5 Å². The average Bonchev–Trinajstić information content (AvgIpc) is 2.82. The van der Waals surface area contributed by atoms with Gasteiger partial charge in [0.2, 0.25) is 15.9 Å². The Morgan fingerprint density at radius 3 is 2.88 bits per heavy atom. The van der Waals surface area contributed by atoms with Gasteiger partial charge in [-0.25, -0.2) is 13.1 Å². The number of H-pyrrole nitrogens is 1. The third kappa shape index (κ3) is 3.79. The van der Waals surface area contributed by atoms with Gasteiger partial charge in [0.05, 0.1) is 12.7 Å². The van der Waals surface area contributed by atoms with Crippen molar-refractivity contribution in [1.29, 1.82) is 0 Å². The Balaban J connectivity index is 1.73. The number of para-hydroxylation sites is 1. The third-order valence-electron chi connectivity index (χ3n) is 4.51. The number of sulfonamides is 1. The van der Waals surface area contributed by atoms with Crippen LogP contribution in [0.1, 0.15) is 24.1 Å². The fourth-order valence-electron chi connectivity index (χ4n) is 3.43. The first-order valence-electron chi connectivity index (χ1n) is 8.15. The molecule has 2 aromatic rings. The summed E-state index contributed by atoms with van der Waals surface area (Å²) < 4.78 is 25.4. The van der Waals surface area contributed by atoms with E-state index in [9.17, 15) is 13.2 Å². The largest absolute Gasteiger partial charge is 0.358 e. The molecule has 0 radical (unpaired) electrons. The Hall–Kier alpha value is -1.86. The van der Waals surface area contributed by atoms with Crippen LogP contribution in [0.5, 0.6) is 0 Å². The van der Waals surface area contributed by atoms with Gasteiger partial charge in [-0.05, 0) is 31.4 Å². The van der Waals surface area contributed by atoms with Crippen molar-refractivity contribution in [2.24, 2.45) is 0 Å². The molecule has 1 aliphatic heterocycles. The van der Waals surface area contributed by atoms with Crippen LogP contribution in [0, 0.1) is 6.92 Å². The van der Waals surface area contributed by atoms with Gasteiger partial charge in [-0.1, -0.05) is 18.2 Å². The van der Waals surface area contributed by atoms with E-state index in [1.54, 1.807) is 4.90 Å². The fourth-order valence-corrected chi connectivity index (χ4v) is 4.23. The molecule has 1 amide bonds. The summed E-state index contributed by atoms with van der Waals surface area (Å²) in [5, 5.41) is 1.08. The van der Waals surface area contributed by atoms with Gasteiger partial charge in [0, 0.05) is 35.7 Å². The SMILES string of the molecule is Cc1[nH]c2ccccc2c1CC(=O)N1CCC[C@@H](NS(C)(=O)=O)C1. The maximum absolute atomic E-state index is 12.7. The minimum Gasteiger partial charge on any atom is -0.358 e. The Bertz CT molecular complexity index is 857. The van der Waals surface area contributed by atoms with E-state index < -0.39 is 10.0 Å². The number of benzene rings is 1. The van der Waals surface area contributed by atoms with Gasteiger partial charge in [0.15, 0.2) is 0 Å². The topological polar surface area (TPSA) is 82.3 Å². The molecule has 1 aromatic carbocycles. The van der Waals surface area contributed by atoms with Crippen LogP contribution in [0.3, 0.4) is 0 Å². The molecular weight excluding hydrogens is 326 g/mol. The number of carbonyl (C=O) groups excluding carboxylic acids is 1. The normalized spacial score (nSPS) is 18.9. The molecule has 0 aliphatic carbocycles. The molecule has 2 N–H and O–H groups in total. The van der Waals surface area contributed by atoms with Crippen molar-refractivity contribution in [2.75, 3.05) is 19.3 Å². The second-order valence-electron chi connectivity index (χ2n) is 6.52. The summed E-state index contributed by atoms with van der Waals surface area (Å²) in [4.78, 5) is 17.8. The Kier molecular flexibility index (Phi) is 4.64. The summed E-state index contributed by atoms with van der Waals surface area (Å²) >= 11 is 0. The van der Waals surface area contributed by atoms with Crippen LogP contribution < -0.4 is 4.72 Å². The van der Waals surface area contributed by atoms with Gasteiger partial charge in [-0.15, -0.1) is 0 Å². The average molecular weight is 349 g/mol. The van der Waals surface area contributed by atoms with Gasteiger partial charge in [-0.3, -0.25) is 4.79 Å². The Morgan fingerprint density at radius 1 is 1.38 bits per heavy atom. The van der Waals surface area contributed by atoms with E-state index >= 15 is 0 Å². The number of amides is 1. The first kappa shape index (κ1) is 17.0. The number of hydrogen-bond acceptors (Lipinski definition) is 3. The van der Waals surface area contributed by atoms with Crippen LogP contribution >= 0.6 is 0 Å². The van der Waals surface area contributed by atoms with E-state index in [0.717, 1.165) is 41.3 Å². The number of carbonyl (C=O) groups is 1. The van der Waals surface area contributed by atoms with Crippen LogP contribution in [-0.4, -0.2) is 49.6 Å².